The molecule has 4 rings (SSSR count). The fourth-order valence-corrected chi connectivity index (χ4v) is 5.67. The standard InChI is InChI=1S/C20H25FN4O3S/c21-16-5-7-18(8-6-16)29(27,28)24-13-10-15(11-14-24)20(26)23-19-9-12-22-25(19)17-3-1-2-4-17/h5-9,12,15,17H,1-4,10-11,13-14H2,(H,23,26). The van der Waals surface area contributed by atoms with Crippen LogP contribution in [-0.4, -0.2) is 41.5 Å². The van der Waals surface area contributed by atoms with Crippen LogP contribution >= 0.6 is 0 Å². The van der Waals surface area contributed by atoms with Crippen molar-refractivity contribution in [2.24, 2.45) is 5.92 Å². The fourth-order valence-electron chi connectivity index (χ4n) is 4.20. The number of halogens is 1. The second kappa shape index (κ2) is 8.23. The largest absolute Gasteiger partial charge is 0.311 e. The highest BCUT2D eigenvalue weighted by Gasteiger charge is 2.32. The monoisotopic (exact) mass is 420 g/mol. The number of carbonyl (C=O) groups excluding carboxylic acids is 1. The number of amides is 1. The fraction of sp³-hybridized carbons (Fsp3) is 0.500. The van der Waals surface area contributed by atoms with Gasteiger partial charge in [0.15, 0.2) is 0 Å². The highest BCUT2D eigenvalue weighted by molar-refractivity contribution is 7.89. The molecule has 2 heterocycles. The highest BCUT2D eigenvalue weighted by Crippen LogP contribution is 2.32. The van der Waals surface area contributed by atoms with Crippen LogP contribution in [0.15, 0.2) is 41.4 Å². The minimum Gasteiger partial charge on any atom is -0.311 e. The van der Waals surface area contributed by atoms with E-state index in [1.807, 2.05) is 10.7 Å². The van der Waals surface area contributed by atoms with Crippen molar-refractivity contribution in [2.75, 3.05) is 18.4 Å². The molecule has 2 aromatic rings. The van der Waals surface area contributed by atoms with Gasteiger partial charge in [-0.05, 0) is 49.9 Å². The van der Waals surface area contributed by atoms with Crippen molar-refractivity contribution < 1.29 is 17.6 Å². The van der Waals surface area contributed by atoms with Crippen LogP contribution in [0.5, 0.6) is 0 Å². The van der Waals surface area contributed by atoms with Crippen molar-refractivity contribution >= 4 is 21.7 Å². The van der Waals surface area contributed by atoms with E-state index in [2.05, 4.69) is 10.4 Å². The van der Waals surface area contributed by atoms with E-state index in [0.717, 1.165) is 25.0 Å². The molecule has 1 aliphatic heterocycles. The molecule has 2 fully saturated rings. The molecule has 1 amide bonds. The predicted molar refractivity (Wildman–Crippen MR) is 106 cm³/mol. The summed E-state index contributed by atoms with van der Waals surface area (Å²) in [5.74, 6) is -0.107. The lowest BCUT2D eigenvalue weighted by Gasteiger charge is -2.30. The smallest absolute Gasteiger partial charge is 0.243 e. The SMILES string of the molecule is O=C(Nc1ccnn1C1CCCC1)C1CCN(S(=O)(=O)c2ccc(F)cc2)CC1. The Morgan fingerprint density at radius 2 is 1.69 bits per heavy atom. The summed E-state index contributed by atoms with van der Waals surface area (Å²) in [5.41, 5.74) is 0. The van der Waals surface area contributed by atoms with Gasteiger partial charge in [0.1, 0.15) is 11.6 Å². The number of benzene rings is 1. The van der Waals surface area contributed by atoms with Gasteiger partial charge in [0, 0.05) is 25.1 Å². The lowest BCUT2D eigenvalue weighted by atomic mass is 9.97. The third-order valence-electron chi connectivity index (χ3n) is 5.87. The normalized spacial score (nSPS) is 19.5. The molecule has 0 atom stereocenters. The predicted octanol–water partition coefficient (Wildman–Crippen LogP) is 3.18. The minimum absolute atomic E-state index is 0.0715. The maximum atomic E-state index is 13.1. The maximum Gasteiger partial charge on any atom is 0.243 e. The summed E-state index contributed by atoms with van der Waals surface area (Å²) in [5, 5.41) is 7.35. The van der Waals surface area contributed by atoms with E-state index in [4.69, 9.17) is 0 Å². The average Bonchev–Trinajstić information content (AvgIpc) is 3.40. The summed E-state index contributed by atoms with van der Waals surface area (Å²) in [6.45, 7) is 0.527. The van der Waals surface area contributed by atoms with Crippen molar-refractivity contribution in [1.82, 2.24) is 14.1 Å². The first kappa shape index (κ1) is 20.0. The number of piperidine rings is 1. The van der Waals surface area contributed by atoms with Crippen LogP contribution in [-0.2, 0) is 14.8 Å². The lowest BCUT2D eigenvalue weighted by molar-refractivity contribution is -0.121. The molecule has 1 aromatic heterocycles. The highest BCUT2D eigenvalue weighted by atomic mass is 32.2. The molecule has 7 nitrogen and oxygen atoms in total. The molecular weight excluding hydrogens is 395 g/mol. The van der Waals surface area contributed by atoms with E-state index in [-0.39, 0.29) is 29.8 Å². The van der Waals surface area contributed by atoms with Crippen molar-refractivity contribution in [2.45, 2.75) is 49.5 Å². The Labute approximate surface area is 169 Å². The van der Waals surface area contributed by atoms with Crippen LogP contribution in [0.3, 0.4) is 0 Å². The number of nitrogens with zero attached hydrogens (tertiary/aromatic N) is 3. The van der Waals surface area contributed by atoms with Crippen LogP contribution in [0.25, 0.3) is 0 Å². The van der Waals surface area contributed by atoms with E-state index in [9.17, 15) is 17.6 Å². The van der Waals surface area contributed by atoms with Gasteiger partial charge in [-0.2, -0.15) is 9.40 Å². The van der Waals surface area contributed by atoms with Crippen molar-refractivity contribution in [3.05, 3.63) is 42.3 Å². The Morgan fingerprint density at radius 1 is 1.03 bits per heavy atom. The number of anilines is 1. The van der Waals surface area contributed by atoms with E-state index in [0.29, 0.717) is 24.7 Å². The van der Waals surface area contributed by atoms with Crippen molar-refractivity contribution in [1.29, 1.82) is 0 Å². The zero-order valence-electron chi connectivity index (χ0n) is 16.1. The first-order valence-corrected chi connectivity index (χ1v) is 11.5. The second-order valence-electron chi connectivity index (χ2n) is 7.72. The van der Waals surface area contributed by atoms with Gasteiger partial charge in [-0.25, -0.2) is 17.5 Å². The molecule has 2 aliphatic rings. The van der Waals surface area contributed by atoms with Gasteiger partial charge in [0.05, 0.1) is 17.1 Å². The van der Waals surface area contributed by atoms with Gasteiger partial charge in [-0.1, -0.05) is 12.8 Å². The Balaban J connectivity index is 1.37. The van der Waals surface area contributed by atoms with Crippen LogP contribution in [0, 0.1) is 11.7 Å². The summed E-state index contributed by atoms with van der Waals surface area (Å²) in [4.78, 5) is 12.8. The number of nitrogens with one attached hydrogen (secondary N) is 1. The molecule has 0 spiro atoms. The van der Waals surface area contributed by atoms with Gasteiger partial charge in [-0.15, -0.1) is 0 Å². The summed E-state index contributed by atoms with van der Waals surface area (Å²) < 4.78 is 41.8. The van der Waals surface area contributed by atoms with E-state index in [1.165, 1.54) is 29.3 Å². The average molecular weight is 421 g/mol. The summed E-state index contributed by atoms with van der Waals surface area (Å²) in [7, 11) is -3.67. The quantitative estimate of drug-likeness (QED) is 0.805. The van der Waals surface area contributed by atoms with Gasteiger partial charge < -0.3 is 5.32 Å². The molecule has 156 valence electrons. The molecule has 0 bridgehead atoms. The molecular formula is C20H25FN4O3S. The van der Waals surface area contributed by atoms with E-state index < -0.39 is 15.8 Å². The minimum atomic E-state index is -3.67. The van der Waals surface area contributed by atoms with Crippen LogP contribution in [0.4, 0.5) is 10.2 Å². The third kappa shape index (κ3) is 4.20. The van der Waals surface area contributed by atoms with Crippen LogP contribution < -0.4 is 5.32 Å². The number of aromatic nitrogens is 2. The maximum absolute atomic E-state index is 13.1. The third-order valence-corrected chi connectivity index (χ3v) is 7.78. The molecule has 1 saturated carbocycles. The van der Waals surface area contributed by atoms with E-state index >= 15 is 0 Å². The van der Waals surface area contributed by atoms with Crippen LogP contribution in [0.2, 0.25) is 0 Å². The summed E-state index contributed by atoms with van der Waals surface area (Å²) in [6, 6.07) is 6.97. The number of rotatable bonds is 5. The van der Waals surface area contributed by atoms with Gasteiger partial charge in [0.2, 0.25) is 15.9 Å². The van der Waals surface area contributed by atoms with Gasteiger partial charge >= 0.3 is 0 Å². The lowest BCUT2D eigenvalue weighted by Crippen LogP contribution is -2.41. The first-order valence-electron chi connectivity index (χ1n) is 10.1. The second-order valence-corrected chi connectivity index (χ2v) is 9.66. The number of hydrogen-bond donors (Lipinski definition) is 1. The molecule has 29 heavy (non-hydrogen) atoms. The van der Waals surface area contributed by atoms with Crippen LogP contribution in [0.1, 0.15) is 44.6 Å². The molecule has 9 heteroatoms. The Kier molecular flexibility index (Phi) is 5.69. The molecule has 1 N–H and O–H groups in total. The Morgan fingerprint density at radius 3 is 2.34 bits per heavy atom. The Bertz CT molecular complexity index is 960. The van der Waals surface area contributed by atoms with Gasteiger partial charge in [0.25, 0.3) is 0 Å². The van der Waals surface area contributed by atoms with Crippen molar-refractivity contribution in [3.63, 3.8) is 0 Å². The topological polar surface area (TPSA) is 84.3 Å². The molecule has 1 aromatic carbocycles. The summed E-state index contributed by atoms with van der Waals surface area (Å²) >= 11 is 0. The molecule has 1 aliphatic carbocycles. The first-order chi connectivity index (χ1) is 13.9. The number of hydrogen-bond acceptors (Lipinski definition) is 4. The van der Waals surface area contributed by atoms with Gasteiger partial charge in [-0.3, -0.25) is 4.79 Å². The summed E-state index contributed by atoms with van der Waals surface area (Å²) in [6.07, 6.45) is 7.10. The van der Waals surface area contributed by atoms with Crippen molar-refractivity contribution in [3.8, 4) is 0 Å². The number of sulfonamides is 1. The Hall–Kier alpha value is -2.26. The zero-order valence-corrected chi connectivity index (χ0v) is 16.9. The molecule has 0 unspecified atom stereocenters. The van der Waals surface area contributed by atoms with E-state index in [1.54, 1.807) is 6.20 Å². The molecule has 0 radical (unpaired) electrons. The molecule has 1 saturated heterocycles. The zero-order chi connectivity index (χ0) is 20.4. The number of carbonyl (C=O) groups is 1.